The molecule has 0 radical (unpaired) electrons. The number of aromatic nitrogens is 2. The molecular weight excluding hydrogens is 521 g/mol. The lowest BCUT2D eigenvalue weighted by Gasteiger charge is -2.10. The maximum atomic E-state index is 12.3. The highest BCUT2D eigenvalue weighted by Gasteiger charge is 2.38. The zero-order valence-electron chi connectivity index (χ0n) is 15.6. The number of carbonyl (C=O) groups is 2. The minimum Gasteiger partial charge on any atom is -0.464 e. The quantitative estimate of drug-likeness (QED) is 0.196. The smallest absolute Gasteiger partial charge is 0.422 e. The van der Waals surface area contributed by atoms with E-state index in [0.717, 1.165) is 14.2 Å². The van der Waals surface area contributed by atoms with Crippen molar-refractivity contribution in [3.63, 3.8) is 0 Å². The molecule has 2 heterocycles. The number of carbonyl (C=O) groups excluding carboxylic acids is 2. The van der Waals surface area contributed by atoms with Gasteiger partial charge in [0.15, 0.2) is 5.69 Å². The fraction of sp³-hybridized carbons (Fsp3) is 0.250. The molecular formula is C16H10Cl3F6N2O5+. The van der Waals surface area contributed by atoms with Crippen LogP contribution in [0, 0.1) is 0 Å². The number of nitrogens with zero attached hydrogens (tertiary/aromatic N) is 2. The van der Waals surface area contributed by atoms with Gasteiger partial charge < -0.3 is 9.47 Å². The lowest BCUT2D eigenvalue weighted by molar-refractivity contribution is -0.906. The van der Waals surface area contributed by atoms with E-state index in [1.165, 1.54) is 0 Å². The van der Waals surface area contributed by atoms with Crippen LogP contribution >= 0.6 is 34.8 Å². The van der Waals surface area contributed by atoms with Gasteiger partial charge in [0, 0.05) is 4.73 Å². The van der Waals surface area contributed by atoms with Crippen molar-refractivity contribution in [1.82, 2.24) is 4.98 Å². The molecule has 2 aromatic heterocycles. The van der Waals surface area contributed by atoms with Crippen molar-refractivity contribution >= 4 is 46.7 Å². The summed E-state index contributed by atoms with van der Waals surface area (Å²) in [5, 5.41) is 7.30. The number of halogens is 9. The minimum atomic E-state index is -4.68. The Hall–Kier alpha value is -2.51. The zero-order valence-corrected chi connectivity index (χ0v) is 17.9. The second-order valence-corrected chi connectivity index (χ2v) is 6.58. The highest BCUT2D eigenvalue weighted by atomic mass is 35.5. The lowest BCUT2D eigenvalue weighted by atomic mass is 10.2. The molecule has 0 bridgehead atoms. The van der Waals surface area contributed by atoms with Crippen LogP contribution in [-0.2, 0) is 21.8 Å². The summed E-state index contributed by atoms with van der Waals surface area (Å²) in [7, 11) is 2.06. The van der Waals surface area contributed by atoms with Crippen LogP contribution in [0.1, 0.15) is 32.1 Å². The Kier molecular flexibility index (Phi) is 8.95. The van der Waals surface area contributed by atoms with E-state index in [4.69, 9.17) is 40.0 Å². The minimum absolute atomic E-state index is 0.0169. The molecule has 0 aromatic carbocycles. The number of esters is 2. The van der Waals surface area contributed by atoms with E-state index in [2.05, 4.69) is 14.5 Å². The van der Waals surface area contributed by atoms with Crippen molar-refractivity contribution < 1.29 is 55.3 Å². The van der Waals surface area contributed by atoms with Crippen LogP contribution in [-0.4, -0.2) is 36.3 Å². The summed E-state index contributed by atoms with van der Waals surface area (Å²) in [5.41, 5.74) is -3.40. The van der Waals surface area contributed by atoms with Crippen LogP contribution in [0.4, 0.5) is 26.3 Å². The van der Waals surface area contributed by atoms with Gasteiger partial charge in [0.1, 0.15) is 15.7 Å². The molecule has 2 rings (SSSR count). The molecule has 0 spiro atoms. The Morgan fingerprint density at radius 2 is 1.47 bits per heavy atom. The zero-order chi connectivity index (χ0) is 25.0. The van der Waals surface area contributed by atoms with Crippen LogP contribution < -0.4 is 4.73 Å². The summed E-state index contributed by atoms with van der Waals surface area (Å²) in [4.78, 5) is 25.3. The first-order valence-corrected chi connectivity index (χ1v) is 8.79. The van der Waals surface area contributed by atoms with E-state index >= 15 is 0 Å². The molecule has 1 N–H and O–H groups in total. The van der Waals surface area contributed by atoms with Crippen molar-refractivity contribution in [2.24, 2.45) is 0 Å². The molecule has 0 unspecified atom stereocenters. The van der Waals surface area contributed by atoms with Gasteiger partial charge in [0.25, 0.3) is 0 Å². The van der Waals surface area contributed by atoms with E-state index in [-0.39, 0.29) is 4.73 Å². The van der Waals surface area contributed by atoms with Crippen LogP contribution in [0.3, 0.4) is 0 Å². The molecule has 2 aromatic rings. The maximum absolute atomic E-state index is 12.3. The SMILES string of the molecule is COC(=O)c1c(Cl)cc(C(F)(F)F)c[n+]1O.COC(=O)c1nc(Cl)c(C(F)(F)F)cc1Cl. The van der Waals surface area contributed by atoms with Gasteiger partial charge in [-0.25, -0.2) is 14.6 Å². The van der Waals surface area contributed by atoms with Gasteiger partial charge in [0.05, 0.1) is 24.8 Å². The number of methoxy groups -OCH3 is 2. The Balaban J connectivity index is 0.000000320. The molecule has 16 heteroatoms. The lowest BCUT2D eigenvalue weighted by Crippen LogP contribution is -2.39. The first-order valence-electron chi connectivity index (χ1n) is 7.66. The average molecular weight is 531 g/mol. The van der Waals surface area contributed by atoms with Gasteiger partial charge in [-0.05, 0) is 12.1 Å². The van der Waals surface area contributed by atoms with Crippen molar-refractivity contribution in [3.05, 3.63) is 56.0 Å². The van der Waals surface area contributed by atoms with E-state index in [1.54, 1.807) is 0 Å². The highest BCUT2D eigenvalue weighted by Crippen LogP contribution is 2.36. The summed E-state index contributed by atoms with van der Waals surface area (Å²) in [6.45, 7) is 0. The fourth-order valence-corrected chi connectivity index (χ4v) is 2.65. The maximum Gasteiger partial charge on any atom is 0.422 e. The van der Waals surface area contributed by atoms with Crippen LogP contribution in [0.2, 0.25) is 15.2 Å². The molecule has 32 heavy (non-hydrogen) atoms. The molecule has 0 aliphatic carbocycles. The van der Waals surface area contributed by atoms with E-state index in [0.29, 0.717) is 18.3 Å². The topological polar surface area (TPSA) is 89.6 Å². The van der Waals surface area contributed by atoms with Crippen molar-refractivity contribution in [1.29, 1.82) is 0 Å². The molecule has 0 aliphatic rings. The summed E-state index contributed by atoms with van der Waals surface area (Å²) in [6.07, 6.45) is -9.01. The number of alkyl halides is 6. The number of ether oxygens (including phenoxy) is 2. The number of rotatable bonds is 2. The summed E-state index contributed by atoms with van der Waals surface area (Å²) < 4.78 is 82.3. The third-order valence-corrected chi connectivity index (χ3v) is 4.18. The number of hydrogen-bond acceptors (Lipinski definition) is 6. The molecule has 0 saturated carbocycles. The first kappa shape index (κ1) is 27.5. The van der Waals surface area contributed by atoms with Crippen molar-refractivity contribution in [2.75, 3.05) is 14.2 Å². The first-order chi connectivity index (χ1) is 14.5. The largest absolute Gasteiger partial charge is 0.464 e. The molecule has 0 fully saturated rings. The summed E-state index contributed by atoms with van der Waals surface area (Å²) >= 11 is 16.2. The van der Waals surface area contributed by atoms with Gasteiger partial charge in [-0.1, -0.05) is 34.8 Å². The second kappa shape index (κ2) is 10.4. The average Bonchev–Trinajstić information content (AvgIpc) is 2.67. The van der Waals surface area contributed by atoms with E-state index in [9.17, 15) is 35.9 Å². The Morgan fingerprint density at radius 3 is 1.88 bits per heavy atom. The van der Waals surface area contributed by atoms with Gasteiger partial charge in [-0.15, -0.1) is 0 Å². The fourth-order valence-electron chi connectivity index (χ4n) is 1.90. The predicted molar refractivity (Wildman–Crippen MR) is 95.8 cm³/mol. The molecule has 0 amide bonds. The summed E-state index contributed by atoms with van der Waals surface area (Å²) in [6, 6.07) is 1.06. The van der Waals surface area contributed by atoms with Crippen LogP contribution in [0.15, 0.2) is 18.3 Å². The third kappa shape index (κ3) is 6.74. The second-order valence-electron chi connectivity index (χ2n) is 5.41. The molecule has 0 saturated heterocycles. The van der Waals surface area contributed by atoms with Gasteiger partial charge in [-0.2, -0.15) is 26.3 Å². The number of pyridine rings is 2. The normalized spacial score (nSPS) is 11.3. The van der Waals surface area contributed by atoms with Gasteiger partial charge in [-0.3, -0.25) is 5.21 Å². The highest BCUT2D eigenvalue weighted by molar-refractivity contribution is 6.35. The molecule has 7 nitrogen and oxygen atoms in total. The monoisotopic (exact) mass is 529 g/mol. The van der Waals surface area contributed by atoms with Crippen LogP contribution in [0.5, 0.6) is 0 Å². The predicted octanol–water partition coefficient (Wildman–Crippen LogP) is 4.86. The van der Waals surface area contributed by atoms with Gasteiger partial charge in [0.2, 0.25) is 6.20 Å². The Morgan fingerprint density at radius 1 is 0.938 bits per heavy atom. The Labute approximate surface area is 190 Å². The Bertz CT molecular complexity index is 1010. The van der Waals surface area contributed by atoms with E-state index in [1.807, 2.05) is 0 Å². The van der Waals surface area contributed by atoms with Crippen molar-refractivity contribution in [3.8, 4) is 0 Å². The van der Waals surface area contributed by atoms with Crippen molar-refractivity contribution in [2.45, 2.75) is 12.4 Å². The molecule has 176 valence electrons. The van der Waals surface area contributed by atoms with E-state index < -0.39 is 62.0 Å². The third-order valence-electron chi connectivity index (χ3n) is 3.32. The standard InChI is InChI=1S/C8H4Cl2F3NO2.C8H6ClF3NO3/c1-16-7(15)5-4(9)2-3(6(10)14-5)8(11,12)13;1-16-7(14)6-5(9)2-4(3-13(6)15)8(10,11)12/h2H,1H3;2-3,15H,1H3/q;+1. The number of hydrogen-bond donors (Lipinski definition) is 1. The van der Waals surface area contributed by atoms with Crippen LogP contribution in [0.25, 0.3) is 0 Å². The van der Waals surface area contributed by atoms with Gasteiger partial charge >= 0.3 is 30.0 Å². The molecule has 0 atom stereocenters. The molecule has 0 aliphatic heterocycles. The summed E-state index contributed by atoms with van der Waals surface area (Å²) in [5.74, 6) is -2.00.